The van der Waals surface area contributed by atoms with Crippen LogP contribution in [0.2, 0.25) is 0 Å². The molecule has 2 aromatic carbocycles. The number of benzene rings is 2. The van der Waals surface area contributed by atoms with Crippen molar-refractivity contribution in [3.63, 3.8) is 0 Å². The summed E-state index contributed by atoms with van der Waals surface area (Å²) in [6, 6.07) is 15.2. The molecular formula is C20H18N2O4. The van der Waals surface area contributed by atoms with Gasteiger partial charge in [0.15, 0.2) is 0 Å². The van der Waals surface area contributed by atoms with Crippen molar-refractivity contribution < 1.29 is 14.8 Å². The Hall–Kier alpha value is -2.70. The molecule has 2 N–H and O–H groups in total. The zero-order chi connectivity index (χ0) is 17.9. The molecule has 2 bridgehead atoms. The SMILES string of the molecule is O=[N+]([O-])C[C@@H]1C[C@@]23O[C@@H](C=C[C@@]2(O)c2ccccc21)Nc1ccccc13. The minimum Gasteiger partial charge on any atom is -0.378 e. The lowest BCUT2D eigenvalue weighted by Crippen LogP contribution is -2.60. The average molecular weight is 350 g/mol. The maximum atomic E-state index is 11.8. The average Bonchev–Trinajstić information content (AvgIpc) is 2.64. The maximum absolute atomic E-state index is 11.8. The first-order chi connectivity index (χ1) is 12.5. The van der Waals surface area contributed by atoms with E-state index in [4.69, 9.17) is 4.74 Å². The van der Waals surface area contributed by atoms with Gasteiger partial charge in [0.1, 0.15) is 17.4 Å². The van der Waals surface area contributed by atoms with Gasteiger partial charge in [0, 0.05) is 16.2 Å². The van der Waals surface area contributed by atoms with Crippen molar-refractivity contribution in [3.05, 3.63) is 87.5 Å². The lowest BCUT2D eigenvalue weighted by atomic mass is 9.60. The second-order valence-electron chi connectivity index (χ2n) is 7.18. The van der Waals surface area contributed by atoms with E-state index in [1.54, 1.807) is 6.08 Å². The summed E-state index contributed by atoms with van der Waals surface area (Å²) in [5.41, 5.74) is 0.815. The Morgan fingerprint density at radius 3 is 2.73 bits per heavy atom. The Morgan fingerprint density at radius 1 is 1.19 bits per heavy atom. The van der Waals surface area contributed by atoms with Crippen LogP contribution in [0.25, 0.3) is 0 Å². The molecule has 6 nitrogen and oxygen atoms in total. The topological polar surface area (TPSA) is 84.6 Å². The van der Waals surface area contributed by atoms with Gasteiger partial charge in [-0.3, -0.25) is 10.1 Å². The minimum absolute atomic E-state index is 0.192. The molecule has 0 saturated carbocycles. The Labute approximate surface area is 150 Å². The Balaban J connectivity index is 1.80. The molecule has 26 heavy (non-hydrogen) atoms. The molecule has 6 heteroatoms. The highest BCUT2D eigenvalue weighted by molar-refractivity contribution is 5.62. The highest BCUT2D eigenvalue weighted by atomic mass is 16.6. The van der Waals surface area contributed by atoms with Gasteiger partial charge in [0.05, 0.1) is 5.92 Å². The van der Waals surface area contributed by atoms with Gasteiger partial charge in [0.25, 0.3) is 0 Å². The number of hydrogen-bond donors (Lipinski definition) is 2. The van der Waals surface area contributed by atoms with E-state index in [1.807, 2.05) is 54.6 Å². The molecule has 3 aliphatic rings. The van der Waals surface area contributed by atoms with Crippen molar-refractivity contribution in [2.45, 2.75) is 29.8 Å². The van der Waals surface area contributed by atoms with Crippen molar-refractivity contribution in [1.29, 1.82) is 0 Å². The third kappa shape index (κ3) is 1.88. The largest absolute Gasteiger partial charge is 0.378 e. The quantitative estimate of drug-likeness (QED) is 0.494. The van der Waals surface area contributed by atoms with Gasteiger partial charge in [-0.25, -0.2) is 0 Å². The standard InChI is InChI=1S/C20H18N2O4/c23-19-10-9-18-21-17-8-4-3-7-16(17)20(19,26-18)11-13(12-22(24)25)14-5-1-2-6-15(14)19/h1-10,13,18,21,23H,11-12H2/t13-,18-,19+,20-/m0/s1. The summed E-state index contributed by atoms with van der Waals surface area (Å²) in [6.45, 7) is -0.192. The fourth-order valence-corrected chi connectivity index (χ4v) is 4.79. The van der Waals surface area contributed by atoms with E-state index >= 15 is 0 Å². The molecule has 0 saturated heterocycles. The summed E-state index contributed by atoms with van der Waals surface area (Å²) < 4.78 is 6.34. The predicted molar refractivity (Wildman–Crippen MR) is 95.3 cm³/mol. The summed E-state index contributed by atoms with van der Waals surface area (Å²) >= 11 is 0. The van der Waals surface area contributed by atoms with Crippen LogP contribution in [-0.4, -0.2) is 22.8 Å². The number of para-hydroxylation sites is 1. The fourth-order valence-electron chi connectivity index (χ4n) is 4.79. The van der Waals surface area contributed by atoms with Crippen LogP contribution in [0.3, 0.4) is 0 Å². The van der Waals surface area contributed by atoms with Crippen LogP contribution >= 0.6 is 0 Å². The van der Waals surface area contributed by atoms with Crippen LogP contribution in [0.1, 0.15) is 29.0 Å². The summed E-state index contributed by atoms with van der Waals surface area (Å²) in [7, 11) is 0. The zero-order valence-electron chi connectivity index (χ0n) is 14.0. The molecule has 0 unspecified atom stereocenters. The van der Waals surface area contributed by atoms with Crippen LogP contribution in [0.15, 0.2) is 60.7 Å². The third-order valence-electron chi connectivity index (χ3n) is 5.83. The second kappa shape index (κ2) is 5.16. The number of fused-ring (bicyclic) bond motifs is 4. The van der Waals surface area contributed by atoms with Crippen LogP contribution < -0.4 is 5.32 Å². The first-order valence-electron chi connectivity index (χ1n) is 8.70. The summed E-state index contributed by atoms with van der Waals surface area (Å²) in [6.07, 6.45) is 3.58. The lowest BCUT2D eigenvalue weighted by molar-refractivity contribution is -0.485. The predicted octanol–water partition coefficient (Wildman–Crippen LogP) is 2.87. The van der Waals surface area contributed by atoms with Crippen molar-refractivity contribution >= 4 is 5.69 Å². The number of hydrogen-bond acceptors (Lipinski definition) is 5. The van der Waals surface area contributed by atoms with Gasteiger partial charge < -0.3 is 15.2 Å². The van der Waals surface area contributed by atoms with Crippen molar-refractivity contribution in [3.8, 4) is 0 Å². The second-order valence-corrected chi connectivity index (χ2v) is 7.18. The first-order valence-corrected chi connectivity index (χ1v) is 8.70. The van der Waals surface area contributed by atoms with Crippen LogP contribution in [0.4, 0.5) is 5.69 Å². The molecule has 0 fully saturated rings. The number of rotatable bonds is 2. The molecule has 0 radical (unpaired) electrons. The van der Waals surface area contributed by atoms with Gasteiger partial charge >= 0.3 is 0 Å². The number of nitrogens with zero attached hydrogens (tertiary/aromatic N) is 1. The highest BCUT2D eigenvalue weighted by Crippen LogP contribution is 2.60. The number of nitrogens with one attached hydrogen (secondary N) is 1. The Bertz CT molecular complexity index is 943. The number of ether oxygens (including phenoxy) is 1. The lowest BCUT2D eigenvalue weighted by Gasteiger charge is -2.57. The molecule has 132 valence electrons. The van der Waals surface area contributed by atoms with Crippen LogP contribution in [0.5, 0.6) is 0 Å². The van der Waals surface area contributed by atoms with Gasteiger partial charge in [-0.1, -0.05) is 42.5 Å². The smallest absolute Gasteiger partial charge is 0.210 e. The summed E-state index contributed by atoms with van der Waals surface area (Å²) in [4.78, 5) is 11.0. The number of aliphatic hydroxyl groups is 1. The Kier molecular flexibility index (Phi) is 3.08. The van der Waals surface area contributed by atoms with E-state index in [0.717, 1.165) is 16.8 Å². The molecule has 4 atom stereocenters. The molecule has 2 aliphatic heterocycles. The minimum atomic E-state index is -1.37. The molecule has 0 aromatic heterocycles. The first kappa shape index (κ1) is 15.5. The van der Waals surface area contributed by atoms with E-state index in [9.17, 15) is 15.2 Å². The van der Waals surface area contributed by atoms with E-state index in [1.165, 1.54) is 0 Å². The van der Waals surface area contributed by atoms with Crippen LogP contribution in [-0.2, 0) is 15.9 Å². The normalized spacial score (nSPS) is 33.4. The number of anilines is 1. The van der Waals surface area contributed by atoms with Crippen molar-refractivity contribution in [1.82, 2.24) is 0 Å². The third-order valence-corrected chi connectivity index (χ3v) is 5.83. The van der Waals surface area contributed by atoms with Crippen molar-refractivity contribution in [2.24, 2.45) is 0 Å². The van der Waals surface area contributed by atoms with E-state index < -0.39 is 11.2 Å². The van der Waals surface area contributed by atoms with Crippen molar-refractivity contribution in [2.75, 3.05) is 11.9 Å². The molecule has 1 aliphatic carbocycles. The number of nitro groups is 1. The molecule has 5 rings (SSSR count). The van der Waals surface area contributed by atoms with E-state index in [2.05, 4.69) is 5.32 Å². The van der Waals surface area contributed by atoms with Gasteiger partial charge in [0.2, 0.25) is 6.54 Å². The molecule has 1 spiro atoms. The van der Waals surface area contributed by atoms with Crippen LogP contribution in [0, 0.1) is 10.1 Å². The summed E-state index contributed by atoms with van der Waals surface area (Å²) in [5.74, 6) is -0.334. The van der Waals surface area contributed by atoms with E-state index in [0.29, 0.717) is 12.0 Å². The molecular weight excluding hydrogens is 332 g/mol. The van der Waals surface area contributed by atoms with Gasteiger partial charge in [-0.2, -0.15) is 0 Å². The zero-order valence-corrected chi connectivity index (χ0v) is 14.0. The molecule has 2 heterocycles. The van der Waals surface area contributed by atoms with E-state index in [-0.39, 0.29) is 23.6 Å². The summed E-state index contributed by atoms with van der Waals surface area (Å²) in [5, 5.41) is 26.4. The fraction of sp³-hybridized carbons (Fsp3) is 0.300. The molecule has 2 aromatic rings. The van der Waals surface area contributed by atoms with Gasteiger partial charge in [-0.15, -0.1) is 0 Å². The molecule has 0 amide bonds. The highest BCUT2D eigenvalue weighted by Gasteiger charge is 2.62. The monoisotopic (exact) mass is 350 g/mol. The maximum Gasteiger partial charge on any atom is 0.210 e. The Morgan fingerprint density at radius 2 is 1.92 bits per heavy atom. The van der Waals surface area contributed by atoms with Gasteiger partial charge in [-0.05, 0) is 35.8 Å².